The van der Waals surface area contributed by atoms with Crippen molar-refractivity contribution in [1.29, 1.82) is 0 Å². The minimum Gasteiger partial charge on any atom is -0.398 e. The van der Waals surface area contributed by atoms with E-state index in [-0.39, 0.29) is 0 Å². The first-order valence-corrected chi connectivity index (χ1v) is 8.31. The zero-order chi connectivity index (χ0) is 14.4. The molecular formula is C18H12BrNS. The highest BCUT2D eigenvalue weighted by molar-refractivity contribution is 9.10. The van der Waals surface area contributed by atoms with E-state index in [0.29, 0.717) is 0 Å². The lowest BCUT2D eigenvalue weighted by Gasteiger charge is -2.08. The van der Waals surface area contributed by atoms with Crippen LogP contribution >= 0.6 is 27.3 Å². The van der Waals surface area contributed by atoms with Crippen molar-refractivity contribution in [2.75, 3.05) is 5.73 Å². The van der Waals surface area contributed by atoms with Crippen molar-refractivity contribution >= 4 is 53.1 Å². The minimum atomic E-state index is 0.816. The summed E-state index contributed by atoms with van der Waals surface area (Å²) in [6, 6.07) is 20.8. The zero-order valence-electron chi connectivity index (χ0n) is 11.1. The smallest absolute Gasteiger partial charge is 0.0503 e. The molecule has 0 radical (unpaired) electrons. The zero-order valence-corrected chi connectivity index (χ0v) is 13.5. The summed E-state index contributed by atoms with van der Waals surface area (Å²) in [5, 5.41) is 2.57. The van der Waals surface area contributed by atoms with Crippen molar-refractivity contribution in [3.05, 3.63) is 65.1 Å². The van der Waals surface area contributed by atoms with E-state index < -0.39 is 0 Å². The normalized spacial score (nSPS) is 11.3. The van der Waals surface area contributed by atoms with E-state index >= 15 is 0 Å². The third kappa shape index (κ3) is 1.96. The molecule has 0 unspecified atom stereocenters. The van der Waals surface area contributed by atoms with Gasteiger partial charge >= 0.3 is 0 Å². The molecule has 0 saturated carbocycles. The molecule has 0 fully saturated rings. The third-order valence-electron chi connectivity index (χ3n) is 3.73. The lowest BCUT2D eigenvalue weighted by Crippen LogP contribution is -1.89. The Hall–Kier alpha value is -1.84. The van der Waals surface area contributed by atoms with Crippen LogP contribution in [0.4, 0.5) is 5.69 Å². The molecule has 0 spiro atoms. The molecule has 0 aliphatic heterocycles. The number of thiophene rings is 1. The van der Waals surface area contributed by atoms with Gasteiger partial charge in [0, 0.05) is 31.2 Å². The lowest BCUT2D eigenvalue weighted by atomic mass is 9.98. The highest BCUT2D eigenvalue weighted by atomic mass is 79.9. The molecule has 1 aromatic heterocycles. The van der Waals surface area contributed by atoms with Gasteiger partial charge in [-0.1, -0.05) is 42.5 Å². The first-order valence-electron chi connectivity index (χ1n) is 6.70. The summed E-state index contributed by atoms with van der Waals surface area (Å²) >= 11 is 5.49. The summed E-state index contributed by atoms with van der Waals surface area (Å²) in [5.41, 5.74) is 9.30. The highest BCUT2D eigenvalue weighted by Crippen LogP contribution is 2.44. The molecule has 102 valence electrons. The number of benzene rings is 3. The number of hydrogen-bond acceptors (Lipinski definition) is 2. The summed E-state index contributed by atoms with van der Waals surface area (Å²) in [5.74, 6) is 0. The van der Waals surface area contributed by atoms with Gasteiger partial charge in [0.05, 0.1) is 4.70 Å². The quantitative estimate of drug-likeness (QED) is 0.413. The molecule has 0 bridgehead atoms. The Morgan fingerprint density at radius 3 is 2.43 bits per heavy atom. The summed E-state index contributed by atoms with van der Waals surface area (Å²) in [4.78, 5) is 0. The molecule has 1 nitrogen and oxygen atoms in total. The second kappa shape index (κ2) is 4.86. The fourth-order valence-electron chi connectivity index (χ4n) is 2.76. The monoisotopic (exact) mass is 353 g/mol. The topological polar surface area (TPSA) is 26.0 Å². The largest absolute Gasteiger partial charge is 0.398 e. The maximum Gasteiger partial charge on any atom is 0.0503 e. The Morgan fingerprint density at radius 1 is 0.810 bits per heavy atom. The van der Waals surface area contributed by atoms with Crippen LogP contribution < -0.4 is 5.73 Å². The predicted molar refractivity (Wildman–Crippen MR) is 96.9 cm³/mol. The summed E-state index contributed by atoms with van der Waals surface area (Å²) in [7, 11) is 0. The van der Waals surface area contributed by atoms with E-state index in [1.165, 1.54) is 25.7 Å². The Kier molecular flexibility index (Phi) is 2.98. The van der Waals surface area contributed by atoms with E-state index in [0.717, 1.165) is 15.7 Å². The average Bonchev–Trinajstić information content (AvgIpc) is 2.89. The summed E-state index contributed by atoms with van der Waals surface area (Å²) in [6.45, 7) is 0. The van der Waals surface area contributed by atoms with Crippen LogP contribution in [-0.2, 0) is 0 Å². The fourth-order valence-corrected chi connectivity index (χ4v) is 4.47. The molecule has 0 aliphatic carbocycles. The van der Waals surface area contributed by atoms with E-state index in [1.54, 1.807) is 0 Å². The Bertz CT molecular complexity index is 971. The number of para-hydroxylation sites is 1. The number of anilines is 1. The van der Waals surface area contributed by atoms with Crippen molar-refractivity contribution in [1.82, 2.24) is 0 Å². The van der Waals surface area contributed by atoms with Crippen LogP contribution in [-0.4, -0.2) is 0 Å². The number of hydrogen-bond donors (Lipinski definition) is 1. The lowest BCUT2D eigenvalue weighted by molar-refractivity contribution is 1.64. The SMILES string of the molecule is Nc1ccccc1-c1ccc(Br)c2sc3ccccc3c12. The molecule has 3 aromatic carbocycles. The molecule has 2 N–H and O–H groups in total. The highest BCUT2D eigenvalue weighted by Gasteiger charge is 2.14. The molecule has 0 amide bonds. The van der Waals surface area contributed by atoms with Gasteiger partial charge in [-0.25, -0.2) is 0 Å². The second-order valence-corrected chi connectivity index (χ2v) is 6.89. The van der Waals surface area contributed by atoms with Crippen molar-refractivity contribution < 1.29 is 0 Å². The first kappa shape index (κ1) is 12.9. The first-order chi connectivity index (χ1) is 10.3. The molecule has 4 rings (SSSR count). The fraction of sp³-hybridized carbons (Fsp3) is 0. The molecule has 1 heterocycles. The molecule has 3 heteroatoms. The maximum absolute atomic E-state index is 6.19. The van der Waals surface area contributed by atoms with Crippen molar-refractivity contribution in [2.45, 2.75) is 0 Å². The third-order valence-corrected chi connectivity index (χ3v) is 5.86. The van der Waals surface area contributed by atoms with Crippen LogP contribution in [0.15, 0.2) is 65.1 Å². The Morgan fingerprint density at radius 2 is 1.57 bits per heavy atom. The van der Waals surface area contributed by atoms with Gasteiger partial charge < -0.3 is 5.73 Å². The Labute approximate surface area is 135 Å². The van der Waals surface area contributed by atoms with Gasteiger partial charge in [-0.15, -0.1) is 11.3 Å². The van der Waals surface area contributed by atoms with Crippen LogP contribution in [0.25, 0.3) is 31.3 Å². The van der Waals surface area contributed by atoms with Gasteiger partial charge in [0.1, 0.15) is 0 Å². The molecule has 0 aliphatic rings. The number of nitrogen functional groups attached to an aromatic ring is 1. The van der Waals surface area contributed by atoms with Gasteiger partial charge in [0.15, 0.2) is 0 Å². The van der Waals surface area contributed by atoms with Crippen LogP contribution in [0.5, 0.6) is 0 Å². The summed E-state index contributed by atoms with van der Waals surface area (Å²) in [6.07, 6.45) is 0. The number of rotatable bonds is 1. The molecule has 4 aromatic rings. The van der Waals surface area contributed by atoms with Gasteiger partial charge in [-0.2, -0.15) is 0 Å². The predicted octanol–water partition coefficient (Wildman–Crippen LogP) is 6.07. The van der Waals surface area contributed by atoms with Crippen LogP contribution in [0.1, 0.15) is 0 Å². The van der Waals surface area contributed by atoms with E-state index in [9.17, 15) is 0 Å². The average molecular weight is 354 g/mol. The maximum atomic E-state index is 6.19. The van der Waals surface area contributed by atoms with E-state index in [4.69, 9.17) is 5.73 Å². The van der Waals surface area contributed by atoms with E-state index in [1.807, 2.05) is 29.5 Å². The molecule has 21 heavy (non-hydrogen) atoms. The van der Waals surface area contributed by atoms with Gasteiger partial charge in [-0.3, -0.25) is 0 Å². The van der Waals surface area contributed by atoms with Crippen LogP contribution in [0, 0.1) is 0 Å². The van der Waals surface area contributed by atoms with Crippen molar-refractivity contribution in [3.8, 4) is 11.1 Å². The Balaban J connectivity index is 2.20. The van der Waals surface area contributed by atoms with Crippen LogP contribution in [0.2, 0.25) is 0 Å². The second-order valence-electron chi connectivity index (χ2n) is 4.98. The molecule has 0 saturated heterocycles. The standard InChI is InChI=1S/C18H12BrNS/c19-14-10-9-12(11-5-1-3-7-15(11)20)17-13-6-2-4-8-16(13)21-18(14)17/h1-10H,20H2. The van der Waals surface area contributed by atoms with Gasteiger partial charge in [0.25, 0.3) is 0 Å². The van der Waals surface area contributed by atoms with E-state index in [2.05, 4.69) is 58.4 Å². The van der Waals surface area contributed by atoms with Gasteiger partial charge in [0.2, 0.25) is 0 Å². The van der Waals surface area contributed by atoms with Gasteiger partial charge in [-0.05, 0) is 39.7 Å². The van der Waals surface area contributed by atoms with Crippen molar-refractivity contribution in [3.63, 3.8) is 0 Å². The number of fused-ring (bicyclic) bond motifs is 3. The molecular weight excluding hydrogens is 342 g/mol. The molecule has 0 atom stereocenters. The summed E-state index contributed by atoms with van der Waals surface area (Å²) < 4.78 is 3.71. The number of halogens is 1. The minimum absolute atomic E-state index is 0.816. The number of nitrogens with two attached hydrogens (primary N) is 1. The van der Waals surface area contributed by atoms with Crippen LogP contribution in [0.3, 0.4) is 0 Å². The van der Waals surface area contributed by atoms with Crippen molar-refractivity contribution in [2.24, 2.45) is 0 Å².